The number of hydrogen-bond acceptors (Lipinski definition) is 4. The molecule has 2 atom stereocenters. The molecule has 0 radical (unpaired) electrons. The predicted octanol–water partition coefficient (Wildman–Crippen LogP) is 2.59. The van der Waals surface area contributed by atoms with Gasteiger partial charge in [0.1, 0.15) is 0 Å². The van der Waals surface area contributed by atoms with Crippen molar-refractivity contribution in [1.82, 2.24) is 9.80 Å². The molecule has 24 heavy (non-hydrogen) atoms. The Morgan fingerprint density at radius 3 is 2.50 bits per heavy atom. The van der Waals surface area contributed by atoms with Crippen LogP contribution >= 0.6 is 0 Å². The van der Waals surface area contributed by atoms with Crippen LogP contribution in [0.5, 0.6) is 0 Å². The molecule has 1 aromatic rings. The van der Waals surface area contributed by atoms with E-state index in [1.807, 2.05) is 7.05 Å². The monoisotopic (exact) mass is 334 g/mol. The van der Waals surface area contributed by atoms with Crippen molar-refractivity contribution in [2.75, 3.05) is 39.8 Å². The third-order valence-corrected chi connectivity index (χ3v) is 4.72. The standard InChI is InChI=1S/C19H30N2O3/c1-14(2)16-5-7-17(8-6-16)15(3)21-9-10-24-18(12-21)11-20(4)13-19(22)23/h5-8,14-15,18H,9-13H2,1-4H3,(H,22,23). The Kier molecular flexibility index (Phi) is 6.78. The van der Waals surface area contributed by atoms with Gasteiger partial charge in [0.15, 0.2) is 0 Å². The Morgan fingerprint density at radius 1 is 1.29 bits per heavy atom. The third-order valence-electron chi connectivity index (χ3n) is 4.72. The van der Waals surface area contributed by atoms with Gasteiger partial charge < -0.3 is 9.84 Å². The molecule has 2 rings (SSSR count). The highest BCUT2D eigenvalue weighted by atomic mass is 16.5. The van der Waals surface area contributed by atoms with Crippen LogP contribution in [0.4, 0.5) is 0 Å². The zero-order valence-electron chi connectivity index (χ0n) is 15.2. The highest BCUT2D eigenvalue weighted by molar-refractivity contribution is 5.69. The fourth-order valence-corrected chi connectivity index (χ4v) is 3.22. The van der Waals surface area contributed by atoms with E-state index in [4.69, 9.17) is 9.84 Å². The Hall–Kier alpha value is -1.43. The number of hydrogen-bond donors (Lipinski definition) is 1. The number of carboxylic acids is 1. The number of morpholine rings is 1. The number of rotatable bonds is 7. The normalized spacial score (nSPS) is 20.5. The van der Waals surface area contributed by atoms with E-state index in [9.17, 15) is 4.79 Å². The zero-order chi connectivity index (χ0) is 17.7. The summed E-state index contributed by atoms with van der Waals surface area (Å²) in [6, 6.07) is 9.22. The Labute approximate surface area is 145 Å². The van der Waals surface area contributed by atoms with Gasteiger partial charge in [-0.1, -0.05) is 38.1 Å². The van der Waals surface area contributed by atoms with Gasteiger partial charge in [0, 0.05) is 25.7 Å². The molecule has 1 N–H and O–H groups in total. The van der Waals surface area contributed by atoms with Gasteiger partial charge >= 0.3 is 5.97 Å². The number of carbonyl (C=O) groups is 1. The first-order chi connectivity index (χ1) is 11.4. The minimum atomic E-state index is -0.802. The molecule has 0 aromatic heterocycles. The molecule has 5 heteroatoms. The van der Waals surface area contributed by atoms with Crippen molar-refractivity contribution in [1.29, 1.82) is 0 Å². The second-order valence-corrected chi connectivity index (χ2v) is 7.08. The van der Waals surface area contributed by atoms with Crippen molar-refractivity contribution in [3.8, 4) is 0 Å². The van der Waals surface area contributed by atoms with Crippen molar-refractivity contribution < 1.29 is 14.6 Å². The first-order valence-corrected chi connectivity index (χ1v) is 8.72. The Morgan fingerprint density at radius 2 is 1.92 bits per heavy atom. The van der Waals surface area contributed by atoms with Crippen molar-refractivity contribution in [2.24, 2.45) is 0 Å². The molecule has 134 valence electrons. The second-order valence-electron chi connectivity index (χ2n) is 7.08. The molecule has 0 aliphatic carbocycles. The lowest BCUT2D eigenvalue weighted by atomic mass is 9.98. The van der Waals surface area contributed by atoms with E-state index in [1.54, 1.807) is 4.90 Å². The summed E-state index contributed by atoms with van der Waals surface area (Å²) < 4.78 is 5.82. The van der Waals surface area contributed by atoms with Crippen molar-refractivity contribution in [3.05, 3.63) is 35.4 Å². The highest BCUT2D eigenvalue weighted by Gasteiger charge is 2.26. The summed E-state index contributed by atoms with van der Waals surface area (Å²) in [6.45, 7) is 9.77. The van der Waals surface area contributed by atoms with E-state index >= 15 is 0 Å². The first-order valence-electron chi connectivity index (χ1n) is 8.72. The van der Waals surface area contributed by atoms with Crippen molar-refractivity contribution in [2.45, 2.75) is 38.8 Å². The van der Waals surface area contributed by atoms with Gasteiger partial charge in [-0.25, -0.2) is 0 Å². The van der Waals surface area contributed by atoms with Crippen LogP contribution in [-0.2, 0) is 9.53 Å². The van der Waals surface area contributed by atoms with Crippen LogP contribution in [0.15, 0.2) is 24.3 Å². The lowest BCUT2D eigenvalue weighted by molar-refractivity contribution is -0.138. The van der Waals surface area contributed by atoms with Gasteiger partial charge in [0.05, 0.1) is 19.3 Å². The van der Waals surface area contributed by atoms with Crippen LogP contribution in [0.1, 0.15) is 43.9 Å². The number of benzene rings is 1. The Bertz CT molecular complexity index is 530. The molecule has 1 aliphatic rings. The fraction of sp³-hybridized carbons (Fsp3) is 0.632. The summed E-state index contributed by atoms with van der Waals surface area (Å²) in [5.74, 6) is -0.254. The molecule has 0 saturated carbocycles. The van der Waals surface area contributed by atoms with Gasteiger partial charge in [0.2, 0.25) is 0 Å². The van der Waals surface area contributed by atoms with Crippen LogP contribution in [0.3, 0.4) is 0 Å². The smallest absolute Gasteiger partial charge is 0.317 e. The number of ether oxygens (including phenoxy) is 1. The molecule has 0 spiro atoms. The molecule has 1 heterocycles. The minimum absolute atomic E-state index is 0.0477. The lowest BCUT2D eigenvalue weighted by Gasteiger charge is -2.38. The van der Waals surface area contributed by atoms with E-state index < -0.39 is 5.97 Å². The number of likely N-dealkylation sites (N-methyl/N-ethyl adjacent to an activating group) is 1. The average molecular weight is 334 g/mol. The van der Waals surface area contributed by atoms with Crippen LogP contribution in [0, 0.1) is 0 Å². The summed E-state index contributed by atoms with van der Waals surface area (Å²) in [6.07, 6.45) is 0.0560. The number of carboxylic acid groups (broad SMARTS) is 1. The molecule has 1 saturated heterocycles. The summed E-state index contributed by atoms with van der Waals surface area (Å²) in [5.41, 5.74) is 2.68. The van der Waals surface area contributed by atoms with Crippen molar-refractivity contribution >= 4 is 5.97 Å². The largest absolute Gasteiger partial charge is 0.480 e. The van der Waals surface area contributed by atoms with Crippen LogP contribution in [0.25, 0.3) is 0 Å². The van der Waals surface area contributed by atoms with E-state index in [1.165, 1.54) is 11.1 Å². The van der Waals surface area contributed by atoms with E-state index in [0.717, 1.165) is 13.1 Å². The predicted molar refractivity (Wildman–Crippen MR) is 95.4 cm³/mol. The maximum Gasteiger partial charge on any atom is 0.317 e. The van der Waals surface area contributed by atoms with Crippen LogP contribution < -0.4 is 0 Å². The van der Waals surface area contributed by atoms with E-state index in [0.29, 0.717) is 25.1 Å². The van der Waals surface area contributed by atoms with E-state index in [2.05, 4.69) is 49.9 Å². The second kappa shape index (κ2) is 8.60. The van der Waals surface area contributed by atoms with Gasteiger partial charge in [-0.2, -0.15) is 0 Å². The number of nitrogens with zero attached hydrogens (tertiary/aromatic N) is 2. The molecule has 1 aromatic carbocycles. The average Bonchev–Trinajstić information content (AvgIpc) is 2.53. The van der Waals surface area contributed by atoms with Gasteiger partial charge in [-0.3, -0.25) is 14.6 Å². The SMILES string of the molecule is CC(C)c1ccc(C(C)N2CCOC(CN(C)CC(=O)O)C2)cc1. The summed E-state index contributed by atoms with van der Waals surface area (Å²) >= 11 is 0. The maximum atomic E-state index is 10.8. The van der Waals surface area contributed by atoms with Crippen LogP contribution in [0.2, 0.25) is 0 Å². The fourth-order valence-electron chi connectivity index (χ4n) is 3.22. The quantitative estimate of drug-likeness (QED) is 0.831. The zero-order valence-corrected chi connectivity index (χ0v) is 15.2. The first kappa shape index (κ1) is 18.9. The highest BCUT2D eigenvalue weighted by Crippen LogP contribution is 2.24. The van der Waals surface area contributed by atoms with Crippen LogP contribution in [-0.4, -0.2) is 66.8 Å². The van der Waals surface area contributed by atoms with Gasteiger partial charge in [-0.05, 0) is 31.0 Å². The summed E-state index contributed by atoms with van der Waals surface area (Å²) in [7, 11) is 1.82. The van der Waals surface area contributed by atoms with Gasteiger partial charge in [-0.15, -0.1) is 0 Å². The third kappa shape index (κ3) is 5.30. The molecular weight excluding hydrogens is 304 g/mol. The lowest BCUT2D eigenvalue weighted by Crippen LogP contribution is -2.48. The maximum absolute atomic E-state index is 10.8. The summed E-state index contributed by atoms with van der Waals surface area (Å²) in [4.78, 5) is 15.0. The molecule has 5 nitrogen and oxygen atoms in total. The van der Waals surface area contributed by atoms with E-state index in [-0.39, 0.29) is 12.6 Å². The summed E-state index contributed by atoms with van der Waals surface area (Å²) in [5, 5.41) is 8.87. The minimum Gasteiger partial charge on any atom is -0.480 e. The number of aliphatic carboxylic acids is 1. The topological polar surface area (TPSA) is 53.0 Å². The van der Waals surface area contributed by atoms with Gasteiger partial charge in [0.25, 0.3) is 0 Å². The van der Waals surface area contributed by atoms with Crippen molar-refractivity contribution in [3.63, 3.8) is 0 Å². The molecule has 1 fully saturated rings. The Balaban J connectivity index is 1.94. The molecule has 0 bridgehead atoms. The molecule has 2 unspecified atom stereocenters. The molecule has 1 aliphatic heterocycles. The molecular formula is C19H30N2O3. The molecule has 0 amide bonds.